The minimum Gasteiger partial charge on any atom is -0.479 e. The molecule has 0 amide bonds. The summed E-state index contributed by atoms with van der Waals surface area (Å²) in [6, 6.07) is 4.14. The summed E-state index contributed by atoms with van der Waals surface area (Å²) in [5.41, 5.74) is 0.0169. The van der Waals surface area contributed by atoms with Gasteiger partial charge < -0.3 is 9.84 Å². The molecule has 1 rings (SSSR count). The van der Waals surface area contributed by atoms with Gasteiger partial charge in [-0.05, 0) is 12.1 Å². The molecule has 1 aromatic rings. The smallest absolute Gasteiger partial charge is 0.337 e. The zero-order valence-corrected chi connectivity index (χ0v) is 8.92. The standard InChI is InChI=1S/C9H8BrFO3/c1-14-8(9(12)13)6-3-2-5(10)4-7(6)11/h2-4,8H,1H3,(H,12,13). The van der Waals surface area contributed by atoms with Crippen molar-refractivity contribution in [2.75, 3.05) is 7.11 Å². The molecule has 5 heteroatoms. The number of hydrogen-bond donors (Lipinski definition) is 1. The summed E-state index contributed by atoms with van der Waals surface area (Å²) in [5, 5.41) is 8.72. The molecule has 0 fully saturated rings. The highest BCUT2D eigenvalue weighted by Crippen LogP contribution is 2.23. The second-order valence-corrected chi connectivity index (χ2v) is 3.54. The number of benzene rings is 1. The number of hydrogen-bond acceptors (Lipinski definition) is 2. The fraction of sp³-hybridized carbons (Fsp3) is 0.222. The number of halogens is 2. The van der Waals surface area contributed by atoms with E-state index in [0.29, 0.717) is 4.47 Å². The SMILES string of the molecule is COC(C(=O)O)c1ccc(Br)cc1F. The highest BCUT2D eigenvalue weighted by Gasteiger charge is 2.22. The van der Waals surface area contributed by atoms with Crippen molar-refractivity contribution in [3.05, 3.63) is 34.1 Å². The van der Waals surface area contributed by atoms with E-state index in [2.05, 4.69) is 20.7 Å². The van der Waals surface area contributed by atoms with Gasteiger partial charge in [0.2, 0.25) is 0 Å². The topological polar surface area (TPSA) is 46.5 Å². The number of methoxy groups -OCH3 is 1. The first-order valence-electron chi connectivity index (χ1n) is 3.77. The lowest BCUT2D eigenvalue weighted by Gasteiger charge is -2.11. The summed E-state index contributed by atoms with van der Waals surface area (Å²) in [6.45, 7) is 0. The van der Waals surface area contributed by atoms with Gasteiger partial charge in [0.15, 0.2) is 6.10 Å². The minimum absolute atomic E-state index is 0.0169. The number of carboxylic acids is 1. The lowest BCUT2D eigenvalue weighted by atomic mass is 10.1. The molecule has 0 aliphatic carbocycles. The second kappa shape index (κ2) is 4.52. The lowest BCUT2D eigenvalue weighted by Crippen LogP contribution is -2.14. The molecule has 1 N–H and O–H groups in total. The maximum Gasteiger partial charge on any atom is 0.337 e. The summed E-state index contributed by atoms with van der Waals surface area (Å²) in [4.78, 5) is 10.7. The molecule has 3 nitrogen and oxygen atoms in total. The van der Waals surface area contributed by atoms with Gasteiger partial charge in [0.1, 0.15) is 5.82 Å². The maximum absolute atomic E-state index is 13.3. The molecular formula is C9H8BrFO3. The molecule has 1 atom stereocenters. The fourth-order valence-electron chi connectivity index (χ4n) is 1.07. The number of rotatable bonds is 3. The quantitative estimate of drug-likeness (QED) is 0.910. The Morgan fingerprint density at radius 3 is 2.71 bits per heavy atom. The highest BCUT2D eigenvalue weighted by molar-refractivity contribution is 9.10. The number of ether oxygens (including phenoxy) is 1. The largest absolute Gasteiger partial charge is 0.479 e. The van der Waals surface area contributed by atoms with Crippen LogP contribution in [0.1, 0.15) is 11.7 Å². The van der Waals surface area contributed by atoms with E-state index in [9.17, 15) is 9.18 Å². The molecule has 0 aromatic heterocycles. The van der Waals surface area contributed by atoms with Gasteiger partial charge in [-0.2, -0.15) is 0 Å². The van der Waals surface area contributed by atoms with E-state index >= 15 is 0 Å². The zero-order valence-electron chi connectivity index (χ0n) is 7.33. The highest BCUT2D eigenvalue weighted by atomic mass is 79.9. The molecule has 0 radical (unpaired) electrons. The summed E-state index contributed by atoms with van der Waals surface area (Å²) in [7, 11) is 1.22. The third kappa shape index (κ3) is 2.30. The summed E-state index contributed by atoms with van der Waals surface area (Å²) >= 11 is 3.08. The van der Waals surface area contributed by atoms with Gasteiger partial charge in [0.05, 0.1) is 0 Å². The average Bonchev–Trinajstić information content (AvgIpc) is 2.09. The Morgan fingerprint density at radius 1 is 1.64 bits per heavy atom. The Balaban J connectivity index is 3.10. The van der Waals surface area contributed by atoms with Crippen LogP contribution in [0, 0.1) is 5.82 Å². The predicted molar refractivity (Wildman–Crippen MR) is 51.5 cm³/mol. The van der Waals surface area contributed by atoms with Gasteiger partial charge in [-0.15, -0.1) is 0 Å². The Kier molecular flexibility index (Phi) is 3.60. The van der Waals surface area contributed by atoms with E-state index in [4.69, 9.17) is 5.11 Å². The predicted octanol–water partition coefficient (Wildman–Crippen LogP) is 2.36. The Bertz CT molecular complexity index is 354. The van der Waals surface area contributed by atoms with Crippen molar-refractivity contribution < 1.29 is 19.0 Å². The summed E-state index contributed by atoms with van der Waals surface area (Å²) in [5.74, 6) is -1.82. The van der Waals surface area contributed by atoms with Crippen LogP contribution in [0.3, 0.4) is 0 Å². The van der Waals surface area contributed by atoms with Crippen molar-refractivity contribution in [3.63, 3.8) is 0 Å². The van der Waals surface area contributed by atoms with Crippen LogP contribution >= 0.6 is 15.9 Å². The van der Waals surface area contributed by atoms with Crippen molar-refractivity contribution in [3.8, 4) is 0 Å². The zero-order chi connectivity index (χ0) is 10.7. The van der Waals surface area contributed by atoms with E-state index in [1.165, 1.54) is 19.2 Å². The molecule has 0 saturated heterocycles. The van der Waals surface area contributed by atoms with E-state index < -0.39 is 17.9 Å². The molecule has 0 aliphatic heterocycles. The van der Waals surface area contributed by atoms with Crippen LogP contribution in [-0.2, 0) is 9.53 Å². The van der Waals surface area contributed by atoms with E-state index in [-0.39, 0.29) is 5.56 Å². The first-order chi connectivity index (χ1) is 6.56. The summed E-state index contributed by atoms with van der Waals surface area (Å²) < 4.78 is 18.5. The molecule has 0 saturated carbocycles. The first-order valence-corrected chi connectivity index (χ1v) is 4.56. The van der Waals surface area contributed by atoms with Crippen molar-refractivity contribution in [1.82, 2.24) is 0 Å². The fourth-order valence-corrected chi connectivity index (χ4v) is 1.41. The molecule has 76 valence electrons. The van der Waals surface area contributed by atoms with Crippen molar-refractivity contribution in [1.29, 1.82) is 0 Å². The molecule has 0 bridgehead atoms. The second-order valence-electron chi connectivity index (χ2n) is 2.62. The van der Waals surface area contributed by atoms with Crippen LogP contribution in [0.5, 0.6) is 0 Å². The van der Waals surface area contributed by atoms with Crippen LogP contribution in [0.15, 0.2) is 22.7 Å². The normalized spacial score (nSPS) is 12.5. The van der Waals surface area contributed by atoms with Gasteiger partial charge >= 0.3 is 5.97 Å². The Hall–Kier alpha value is -0.940. The minimum atomic E-state index is -1.26. The lowest BCUT2D eigenvalue weighted by molar-refractivity contribution is -0.149. The van der Waals surface area contributed by atoms with Gasteiger partial charge in [0.25, 0.3) is 0 Å². The van der Waals surface area contributed by atoms with E-state index in [0.717, 1.165) is 0 Å². The number of carbonyl (C=O) groups is 1. The van der Waals surface area contributed by atoms with Crippen molar-refractivity contribution in [2.24, 2.45) is 0 Å². The van der Waals surface area contributed by atoms with Crippen molar-refractivity contribution >= 4 is 21.9 Å². The van der Waals surface area contributed by atoms with Crippen molar-refractivity contribution in [2.45, 2.75) is 6.10 Å². The Labute approximate surface area is 88.6 Å². The molecule has 0 aliphatic rings. The number of aliphatic carboxylic acids is 1. The van der Waals surface area contributed by atoms with Crippen LogP contribution in [0.25, 0.3) is 0 Å². The molecule has 0 heterocycles. The van der Waals surface area contributed by atoms with Gasteiger partial charge in [-0.25, -0.2) is 9.18 Å². The first kappa shape index (κ1) is 11.1. The van der Waals surface area contributed by atoms with Gasteiger partial charge in [-0.1, -0.05) is 22.0 Å². The molecule has 0 spiro atoms. The molecular weight excluding hydrogens is 255 g/mol. The molecule has 1 unspecified atom stereocenters. The average molecular weight is 263 g/mol. The van der Waals surface area contributed by atoms with E-state index in [1.807, 2.05) is 0 Å². The molecule has 14 heavy (non-hydrogen) atoms. The van der Waals surface area contributed by atoms with Crippen LogP contribution in [0.2, 0.25) is 0 Å². The third-order valence-corrected chi connectivity index (χ3v) is 2.20. The monoisotopic (exact) mass is 262 g/mol. The van der Waals surface area contributed by atoms with E-state index in [1.54, 1.807) is 6.07 Å². The van der Waals surface area contributed by atoms with Gasteiger partial charge in [-0.3, -0.25) is 0 Å². The van der Waals surface area contributed by atoms with Crippen LogP contribution < -0.4 is 0 Å². The van der Waals surface area contributed by atoms with Crippen LogP contribution in [0.4, 0.5) is 4.39 Å². The van der Waals surface area contributed by atoms with Crippen LogP contribution in [-0.4, -0.2) is 18.2 Å². The third-order valence-electron chi connectivity index (χ3n) is 1.70. The van der Waals surface area contributed by atoms with Gasteiger partial charge in [0, 0.05) is 17.1 Å². The summed E-state index contributed by atoms with van der Waals surface area (Å²) in [6.07, 6.45) is -1.26. The molecule has 1 aromatic carbocycles. The number of carboxylic acid groups (broad SMARTS) is 1. The Morgan fingerprint density at radius 2 is 2.29 bits per heavy atom. The maximum atomic E-state index is 13.3.